The Bertz CT molecular complexity index is 957. The number of aromatic nitrogens is 5. The van der Waals surface area contributed by atoms with Gasteiger partial charge in [-0.2, -0.15) is 5.10 Å². The average Bonchev–Trinajstić information content (AvgIpc) is 3.28. The van der Waals surface area contributed by atoms with Crippen LogP contribution in [-0.4, -0.2) is 37.5 Å². The molecule has 4 heterocycles. The summed E-state index contributed by atoms with van der Waals surface area (Å²) in [5.74, 6) is -0.235. The molecule has 1 aliphatic heterocycles. The summed E-state index contributed by atoms with van der Waals surface area (Å²) in [6.45, 7) is 4.48. The minimum atomic E-state index is -0.235. The number of hydrogen-bond donors (Lipinski definition) is 1. The number of nitrogens with zero attached hydrogens (tertiary/aromatic N) is 5. The van der Waals surface area contributed by atoms with E-state index in [1.807, 2.05) is 20.9 Å². The van der Waals surface area contributed by atoms with Crippen LogP contribution >= 0.6 is 11.3 Å². The second kappa shape index (κ2) is 6.16. The van der Waals surface area contributed by atoms with Crippen LogP contribution in [0.5, 0.6) is 0 Å². The Hall–Kier alpha value is -2.39. The Morgan fingerprint density at radius 3 is 3.00 bits per heavy atom. The molecule has 0 radical (unpaired) electrons. The van der Waals surface area contributed by atoms with Gasteiger partial charge >= 0.3 is 0 Å². The molecule has 1 fully saturated rings. The molecule has 0 aromatic carbocycles. The molecule has 9 heteroatoms. The van der Waals surface area contributed by atoms with E-state index in [1.165, 1.54) is 11.3 Å². The molecule has 3 aromatic heterocycles. The molecule has 0 aliphatic carbocycles. The molecule has 0 saturated carbocycles. The highest BCUT2D eigenvalue weighted by molar-refractivity contribution is 7.15. The number of carbonyl (C=O) groups is 1. The number of rotatable bonds is 3. The molecule has 1 saturated heterocycles. The van der Waals surface area contributed by atoms with Crippen LogP contribution in [-0.2, 0) is 11.8 Å². The van der Waals surface area contributed by atoms with E-state index in [0.29, 0.717) is 16.3 Å². The van der Waals surface area contributed by atoms with Crippen molar-refractivity contribution in [2.24, 2.45) is 7.05 Å². The highest BCUT2D eigenvalue weighted by atomic mass is 32.1. The van der Waals surface area contributed by atoms with Crippen molar-refractivity contribution in [1.29, 1.82) is 0 Å². The summed E-state index contributed by atoms with van der Waals surface area (Å²) in [5.41, 5.74) is 2.77. The normalized spacial score (nSPS) is 17.3. The highest BCUT2D eigenvalue weighted by Crippen LogP contribution is 2.32. The largest absolute Gasteiger partial charge is 0.371 e. The molecule has 0 bridgehead atoms. The number of hydrogen-bond acceptors (Lipinski definition) is 7. The highest BCUT2D eigenvalue weighted by Gasteiger charge is 2.23. The first-order chi connectivity index (χ1) is 12.0. The number of aryl methyl sites for hydroxylation is 3. The number of nitrogens with one attached hydrogen (secondary N) is 1. The summed E-state index contributed by atoms with van der Waals surface area (Å²) in [7, 11) is 1.82. The van der Waals surface area contributed by atoms with Gasteiger partial charge < -0.3 is 4.74 Å². The summed E-state index contributed by atoms with van der Waals surface area (Å²) < 4.78 is 7.30. The second-order valence-corrected chi connectivity index (χ2v) is 7.13. The maximum absolute atomic E-state index is 12.8. The van der Waals surface area contributed by atoms with E-state index in [4.69, 9.17) is 4.74 Å². The lowest BCUT2D eigenvalue weighted by Crippen LogP contribution is -2.13. The molecular formula is C16H18N6O2S. The molecular weight excluding hydrogens is 340 g/mol. The van der Waals surface area contributed by atoms with Gasteiger partial charge in [0.15, 0.2) is 5.65 Å². The van der Waals surface area contributed by atoms with Crippen LogP contribution in [0.25, 0.3) is 11.0 Å². The van der Waals surface area contributed by atoms with Gasteiger partial charge in [-0.15, -0.1) is 10.2 Å². The third-order valence-electron chi connectivity index (χ3n) is 4.21. The van der Waals surface area contributed by atoms with Gasteiger partial charge in [0.1, 0.15) is 11.1 Å². The Morgan fingerprint density at radius 2 is 2.24 bits per heavy atom. The lowest BCUT2D eigenvalue weighted by Gasteiger charge is -2.05. The van der Waals surface area contributed by atoms with Crippen molar-refractivity contribution in [1.82, 2.24) is 25.0 Å². The van der Waals surface area contributed by atoms with Gasteiger partial charge in [0.2, 0.25) is 5.13 Å². The van der Waals surface area contributed by atoms with Gasteiger partial charge in [-0.3, -0.25) is 14.8 Å². The first-order valence-electron chi connectivity index (χ1n) is 8.10. The maximum atomic E-state index is 12.8. The van der Waals surface area contributed by atoms with Gasteiger partial charge in [-0.1, -0.05) is 11.3 Å². The van der Waals surface area contributed by atoms with Crippen molar-refractivity contribution >= 4 is 33.4 Å². The molecule has 130 valence electrons. The summed E-state index contributed by atoms with van der Waals surface area (Å²) in [6.07, 6.45) is 1.97. The standard InChI is InChI=1S/C16H18N6O2S/c1-8-7-10(12-9(2)21-22(3)13(12)17-8)14(23)18-16-20-19-15(25-16)11-5-4-6-24-11/h7,11H,4-6H2,1-3H3,(H,18,20,23). The van der Waals surface area contributed by atoms with Crippen LogP contribution in [0.1, 0.15) is 45.7 Å². The average molecular weight is 358 g/mol. The van der Waals surface area contributed by atoms with Crippen LogP contribution in [0, 0.1) is 13.8 Å². The van der Waals surface area contributed by atoms with Crippen LogP contribution in [0.3, 0.4) is 0 Å². The summed E-state index contributed by atoms with van der Waals surface area (Å²) in [6, 6.07) is 1.77. The fraction of sp³-hybridized carbons (Fsp3) is 0.438. The number of ether oxygens (including phenoxy) is 1. The van der Waals surface area contributed by atoms with Crippen LogP contribution in [0.15, 0.2) is 6.07 Å². The predicted octanol–water partition coefficient (Wildman–Crippen LogP) is 2.54. The zero-order valence-electron chi connectivity index (χ0n) is 14.2. The SMILES string of the molecule is Cc1cc(C(=O)Nc2nnc(C3CCCO3)s2)c2c(C)nn(C)c2n1. The number of amides is 1. The maximum Gasteiger partial charge on any atom is 0.258 e. The summed E-state index contributed by atoms with van der Waals surface area (Å²) in [5, 5.41) is 17.5. The van der Waals surface area contributed by atoms with Crippen molar-refractivity contribution < 1.29 is 9.53 Å². The van der Waals surface area contributed by atoms with Gasteiger partial charge in [0.05, 0.1) is 16.6 Å². The van der Waals surface area contributed by atoms with Gasteiger partial charge in [0, 0.05) is 19.3 Å². The van der Waals surface area contributed by atoms with Gasteiger partial charge in [-0.25, -0.2) is 4.98 Å². The quantitative estimate of drug-likeness (QED) is 0.773. The molecule has 25 heavy (non-hydrogen) atoms. The minimum Gasteiger partial charge on any atom is -0.371 e. The molecule has 1 N–H and O–H groups in total. The van der Waals surface area contributed by atoms with E-state index < -0.39 is 0 Å². The second-order valence-electron chi connectivity index (χ2n) is 6.12. The minimum absolute atomic E-state index is 0.00130. The van der Waals surface area contributed by atoms with E-state index in [9.17, 15) is 4.79 Å². The Labute approximate surface area is 148 Å². The molecule has 0 spiro atoms. The third-order valence-corrected chi connectivity index (χ3v) is 5.14. The molecule has 1 unspecified atom stereocenters. The molecule has 1 aliphatic rings. The smallest absolute Gasteiger partial charge is 0.258 e. The first-order valence-corrected chi connectivity index (χ1v) is 8.92. The third kappa shape index (κ3) is 2.89. The molecule has 8 nitrogen and oxygen atoms in total. The number of anilines is 1. The van der Waals surface area contributed by atoms with Crippen LogP contribution in [0.2, 0.25) is 0 Å². The Balaban J connectivity index is 1.64. The van der Waals surface area contributed by atoms with Crippen molar-refractivity contribution in [3.8, 4) is 0 Å². The fourth-order valence-electron chi connectivity index (χ4n) is 3.10. The van der Waals surface area contributed by atoms with E-state index in [0.717, 1.165) is 41.2 Å². The van der Waals surface area contributed by atoms with Gasteiger partial charge in [0.25, 0.3) is 5.91 Å². The topological polar surface area (TPSA) is 94.8 Å². The zero-order valence-corrected chi connectivity index (χ0v) is 15.1. The van der Waals surface area contributed by atoms with Crippen LogP contribution < -0.4 is 5.32 Å². The fourth-order valence-corrected chi connectivity index (χ4v) is 3.92. The van der Waals surface area contributed by atoms with Crippen molar-refractivity contribution in [3.05, 3.63) is 28.0 Å². The van der Waals surface area contributed by atoms with Crippen LogP contribution in [0.4, 0.5) is 5.13 Å². The zero-order chi connectivity index (χ0) is 17.6. The summed E-state index contributed by atoms with van der Waals surface area (Å²) >= 11 is 1.36. The molecule has 1 atom stereocenters. The Kier molecular flexibility index (Phi) is 3.97. The first kappa shape index (κ1) is 16.1. The van der Waals surface area contributed by atoms with E-state index in [-0.39, 0.29) is 12.0 Å². The Morgan fingerprint density at radius 1 is 1.40 bits per heavy atom. The number of pyridine rings is 1. The van der Waals surface area contributed by atoms with Crippen molar-refractivity contribution in [2.45, 2.75) is 32.8 Å². The van der Waals surface area contributed by atoms with E-state index in [2.05, 4.69) is 25.6 Å². The van der Waals surface area contributed by atoms with E-state index >= 15 is 0 Å². The number of carbonyl (C=O) groups excluding carboxylic acids is 1. The molecule has 3 aromatic rings. The van der Waals surface area contributed by atoms with Crippen molar-refractivity contribution in [3.63, 3.8) is 0 Å². The lowest BCUT2D eigenvalue weighted by molar-refractivity contribution is 0.102. The monoisotopic (exact) mass is 358 g/mol. The van der Waals surface area contributed by atoms with Gasteiger partial charge in [-0.05, 0) is 32.8 Å². The number of fused-ring (bicyclic) bond motifs is 1. The predicted molar refractivity (Wildman–Crippen MR) is 93.8 cm³/mol. The lowest BCUT2D eigenvalue weighted by atomic mass is 10.1. The van der Waals surface area contributed by atoms with Crippen molar-refractivity contribution in [2.75, 3.05) is 11.9 Å². The molecule has 4 rings (SSSR count). The molecule has 1 amide bonds. The summed E-state index contributed by atoms with van der Waals surface area (Å²) in [4.78, 5) is 17.3. The van der Waals surface area contributed by atoms with E-state index in [1.54, 1.807) is 10.7 Å².